The van der Waals surface area contributed by atoms with Crippen molar-refractivity contribution in [3.8, 4) is 22.6 Å². The third-order valence-electron chi connectivity index (χ3n) is 3.25. The number of methoxy groups -OCH3 is 2. The lowest BCUT2D eigenvalue weighted by Gasteiger charge is -2.11. The number of hydrogen-bond acceptors (Lipinski definition) is 6. The average Bonchev–Trinajstić information content (AvgIpc) is 2.97. The first kappa shape index (κ1) is 17.8. The minimum absolute atomic E-state index is 0.249. The predicted molar refractivity (Wildman–Crippen MR) is 93.1 cm³/mol. The first-order chi connectivity index (χ1) is 11.5. The molecule has 6 nitrogen and oxygen atoms in total. The van der Waals surface area contributed by atoms with Crippen molar-refractivity contribution in [2.45, 2.75) is 13.8 Å². The summed E-state index contributed by atoms with van der Waals surface area (Å²) in [6.45, 7) is 3.38. The van der Waals surface area contributed by atoms with Gasteiger partial charge in [0.05, 0.1) is 20.8 Å². The molecule has 0 bridgehead atoms. The van der Waals surface area contributed by atoms with Crippen LogP contribution in [0.3, 0.4) is 0 Å². The van der Waals surface area contributed by atoms with Gasteiger partial charge in [0.2, 0.25) is 5.91 Å². The average molecular weight is 349 g/mol. The zero-order valence-corrected chi connectivity index (χ0v) is 14.8. The van der Waals surface area contributed by atoms with Crippen molar-refractivity contribution in [1.29, 1.82) is 0 Å². The van der Waals surface area contributed by atoms with E-state index in [0.717, 1.165) is 5.56 Å². The molecule has 0 unspecified atom stereocenters. The Kier molecular flexibility index (Phi) is 5.81. The van der Waals surface area contributed by atoms with E-state index in [-0.39, 0.29) is 12.5 Å². The van der Waals surface area contributed by atoms with E-state index in [1.54, 1.807) is 38.7 Å². The number of amides is 1. The molecule has 0 aliphatic heterocycles. The Labute approximate surface area is 144 Å². The van der Waals surface area contributed by atoms with Crippen molar-refractivity contribution in [2.24, 2.45) is 0 Å². The second-order valence-electron chi connectivity index (χ2n) is 4.82. The van der Waals surface area contributed by atoms with Gasteiger partial charge in [0.1, 0.15) is 10.6 Å². The Morgan fingerprint density at radius 3 is 2.46 bits per heavy atom. The number of thiophene rings is 1. The summed E-state index contributed by atoms with van der Waals surface area (Å²) in [6.07, 6.45) is 0. The molecule has 0 saturated carbocycles. The lowest BCUT2D eigenvalue weighted by molar-refractivity contribution is -0.114. The molecule has 2 aromatic rings. The summed E-state index contributed by atoms with van der Waals surface area (Å²) in [6, 6.07) is 5.36. The highest BCUT2D eigenvalue weighted by Crippen LogP contribution is 2.39. The van der Waals surface area contributed by atoms with Gasteiger partial charge in [0.15, 0.2) is 11.5 Å². The number of nitrogens with one attached hydrogen (secondary N) is 1. The number of anilines is 1. The van der Waals surface area contributed by atoms with Gasteiger partial charge in [-0.25, -0.2) is 4.79 Å². The van der Waals surface area contributed by atoms with Crippen molar-refractivity contribution in [1.82, 2.24) is 0 Å². The quantitative estimate of drug-likeness (QED) is 0.807. The minimum atomic E-state index is -0.479. The fraction of sp³-hybridized carbons (Fsp3) is 0.294. The highest BCUT2D eigenvalue weighted by atomic mass is 32.1. The van der Waals surface area contributed by atoms with E-state index in [1.165, 1.54) is 18.3 Å². The lowest BCUT2D eigenvalue weighted by Crippen LogP contribution is -2.11. The Morgan fingerprint density at radius 1 is 1.17 bits per heavy atom. The van der Waals surface area contributed by atoms with E-state index >= 15 is 0 Å². The third-order valence-corrected chi connectivity index (χ3v) is 4.15. The van der Waals surface area contributed by atoms with E-state index in [2.05, 4.69) is 5.32 Å². The van der Waals surface area contributed by atoms with Crippen LogP contribution in [-0.4, -0.2) is 32.7 Å². The summed E-state index contributed by atoms with van der Waals surface area (Å²) < 4.78 is 15.7. The topological polar surface area (TPSA) is 73.9 Å². The smallest absolute Gasteiger partial charge is 0.341 e. The number of carbonyl (C=O) groups is 2. The molecule has 0 spiro atoms. The largest absolute Gasteiger partial charge is 0.493 e. The van der Waals surface area contributed by atoms with Crippen LogP contribution in [0.25, 0.3) is 11.1 Å². The Bertz CT molecular complexity index is 753. The van der Waals surface area contributed by atoms with E-state index < -0.39 is 5.97 Å². The van der Waals surface area contributed by atoms with Crippen molar-refractivity contribution >= 4 is 28.2 Å². The highest BCUT2D eigenvalue weighted by Gasteiger charge is 2.22. The van der Waals surface area contributed by atoms with Gasteiger partial charge >= 0.3 is 5.97 Å². The zero-order chi connectivity index (χ0) is 17.7. The monoisotopic (exact) mass is 349 g/mol. The standard InChI is InChI=1S/C17H19NO5S/c1-5-23-17(20)15-12(9-24-16(15)18-10(2)19)11-6-7-13(21-3)14(8-11)22-4/h6-9H,5H2,1-4H3,(H,18,19). The summed E-state index contributed by atoms with van der Waals surface area (Å²) in [5.41, 5.74) is 1.77. The van der Waals surface area contributed by atoms with Gasteiger partial charge in [0, 0.05) is 17.9 Å². The molecule has 1 aromatic carbocycles. The maximum atomic E-state index is 12.4. The number of esters is 1. The van der Waals surface area contributed by atoms with Crippen LogP contribution in [0.15, 0.2) is 23.6 Å². The van der Waals surface area contributed by atoms with Crippen LogP contribution in [0.5, 0.6) is 11.5 Å². The molecule has 24 heavy (non-hydrogen) atoms. The molecule has 0 radical (unpaired) electrons. The first-order valence-corrected chi connectivity index (χ1v) is 8.18. The molecule has 0 atom stereocenters. The molecule has 1 N–H and O–H groups in total. The highest BCUT2D eigenvalue weighted by molar-refractivity contribution is 7.15. The van der Waals surface area contributed by atoms with Gasteiger partial charge in [-0.1, -0.05) is 6.07 Å². The molecule has 0 fully saturated rings. The van der Waals surface area contributed by atoms with Crippen LogP contribution in [0.1, 0.15) is 24.2 Å². The van der Waals surface area contributed by atoms with E-state index in [1.807, 2.05) is 6.07 Å². The Hall–Kier alpha value is -2.54. The molecule has 1 heterocycles. The minimum Gasteiger partial charge on any atom is -0.493 e. The second kappa shape index (κ2) is 7.83. The van der Waals surface area contributed by atoms with Crippen LogP contribution in [-0.2, 0) is 9.53 Å². The molecule has 1 amide bonds. The van der Waals surface area contributed by atoms with Crippen LogP contribution >= 0.6 is 11.3 Å². The molecule has 7 heteroatoms. The molecular formula is C17H19NO5S. The first-order valence-electron chi connectivity index (χ1n) is 7.30. The molecular weight excluding hydrogens is 330 g/mol. The van der Waals surface area contributed by atoms with Crippen molar-refractivity contribution in [3.05, 3.63) is 29.1 Å². The van der Waals surface area contributed by atoms with Crippen LogP contribution in [0.4, 0.5) is 5.00 Å². The van der Waals surface area contributed by atoms with E-state index in [9.17, 15) is 9.59 Å². The maximum Gasteiger partial charge on any atom is 0.341 e. The number of carbonyl (C=O) groups excluding carboxylic acids is 2. The van der Waals surface area contributed by atoms with Crippen molar-refractivity contribution < 1.29 is 23.8 Å². The molecule has 128 valence electrons. The molecule has 2 rings (SSSR count). The van der Waals surface area contributed by atoms with Gasteiger partial charge in [-0.15, -0.1) is 11.3 Å². The van der Waals surface area contributed by atoms with Gasteiger partial charge in [-0.05, 0) is 24.6 Å². The molecule has 1 aromatic heterocycles. The van der Waals surface area contributed by atoms with E-state index in [4.69, 9.17) is 14.2 Å². The van der Waals surface area contributed by atoms with Gasteiger partial charge in [-0.3, -0.25) is 4.79 Å². The van der Waals surface area contributed by atoms with Gasteiger partial charge in [0.25, 0.3) is 0 Å². The lowest BCUT2D eigenvalue weighted by atomic mass is 10.0. The third kappa shape index (κ3) is 3.68. The molecule has 0 saturated heterocycles. The molecule has 0 aliphatic carbocycles. The number of benzene rings is 1. The Balaban J connectivity index is 2.55. The van der Waals surface area contributed by atoms with Crippen molar-refractivity contribution in [2.75, 3.05) is 26.1 Å². The number of rotatable bonds is 6. The normalized spacial score (nSPS) is 10.2. The van der Waals surface area contributed by atoms with Gasteiger partial charge < -0.3 is 19.5 Å². The number of ether oxygens (including phenoxy) is 3. The van der Waals surface area contributed by atoms with Crippen LogP contribution in [0.2, 0.25) is 0 Å². The summed E-state index contributed by atoms with van der Waals surface area (Å²) in [4.78, 5) is 23.7. The maximum absolute atomic E-state index is 12.4. The van der Waals surface area contributed by atoms with Gasteiger partial charge in [-0.2, -0.15) is 0 Å². The second-order valence-corrected chi connectivity index (χ2v) is 5.70. The molecule has 0 aliphatic rings. The van der Waals surface area contributed by atoms with Crippen molar-refractivity contribution in [3.63, 3.8) is 0 Å². The Morgan fingerprint density at radius 2 is 1.88 bits per heavy atom. The summed E-state index contributed by atoms with van der Waals surface area (Å²) in [5, 5.41) is 4.94. The summed E-state index contributed by atoms with van der Waals surface area (Å²) in [5.74, 6) is 0.418. The fourth-order valence-electron chi connectivity index (χ4n) is 2.23. The van der Waals surface area contributed by atoms with Crippen LogP contribution < -0.4 is 14.8 Å². The zero-order valence-electron chi connectivity index (χ0n) is 14.0. The van der Waals surface area contributed by atoms with Crippen LogP contribution in [0, 0.1) is 0 Å². The fourth-order valence-corrected chi connectivity index (χ4v) is 3.24. The summed E-state index contributed by atoms with van der Waals surface area (Å²) >= 11 is 1.27. The SMILES string of the molecule is CCOC(=O)c1c(-c2ccc(OC)c(OC)c2)csc1NC(C)=O. The predicted octanol–water partition coefficient (Wildman–Crippen LogP) is 3.57. The van der Waals surface area contributed by atoms with E-state index in [0.29, 0.717) is 27.6 Å². The number of hydrogen-bond donors (Lipinski definition) is 1. The summed E-state index contributed by atoms with van der Waals surface area (Å²) in [7, 11) is 3.10.